The molecular formula is C22H28N4O4S. The number of piperazine rings is 1. The van der Waals surface area contributed by atoms with E-state index in [1.54, 1.807) is 18.2 Å². The maximum Gasteiger partial charge on any atom is 0.245 e. The van der Waals surface area contributed by atoms with E-state index in [1.165, 1.54) is 13.0 Å². The van der Waals surface area contributed by atoms with Crippen LogP contribution in [0.15, 0.2) is 48.5 Å². The second kappa shape index (κ2) is 9.49. The van der Waals surface area contributed by atoms with E-state index in [2.05, 4.69) is 22.2 Å². The van der Waals surface area contributed by atoms with Crippen LogP contribution in [0.3, 0.4) is 0 Å². The van der Waals surface area contributed by atoms with Crippen LogP contribution in [-0.2, 0) is 14.8 Å². The standard InChI is InChI=1S/C22H28N4O4S/c1-17(27)18-5-4-6-21(15-18)26(31(3,29)30)16-22(28)23-19-7-9-20(10-8-19)25-13-11-24(2)12-14-25/h4-10,15H,11-14,16H2,1-3H3,(H,23,28). The zero-order valence-corrected chi connectivity index (χ0v) is 18.9. The number of nitrogens with zero attached hydrogens (tertiary/aromatic N) is 3. The molecule has 0 atom stereocenters. The summed E-state index contributed by atoms with van der Waals surface area (Å²) in [6.45, 7) is 4.92. The van der Waals surface area contributed by atoms with Gasteiger partial charge in [0, 0.05) is 43.1 Å². The lowest BCUT2D eigenvalue weighted by Gasteiger charge is -2.34. The summed E-state index contributed by atoms with van der Waals surface area (Å²) in [7, 11) is -1.62. The van der Waals surface area contributed by atoms with Crippen molar-refractivity contribution in [1.29, 1.82) is 0 Å². The number of hydrogen-bond acceptors (Lipinski definition) is 6. The molecule has 166 valence electrons. The molecule has 2 aromatic carbocycles. The number of anilines is 3. The minimum Gasteiger partial charge on any atom is -0.369 e. The number of nitrogens with one attached hydrogen (secondary N) is 1. The number of hydrogen-bond donors (Lipinski definition) is 1. The molecule has 3 rings (SSSR count). The summed E-state index contributed by atoms with van der Waals surface area (Å²) in [5, 5.41) is 2.75. The van der Waals surface area contributed by atoms with Crippen LogP contribution in [-0.4, -0.2) is 71.0 Å². The zero-order chi connectivity index (χ0) is 22.6. The fourth-order valence-electron chi connectivity index (χ4n) is 3.43. The van der Waals surface area contributed by atoms with Crippen LogP contribution >= 0.6 is 0 Å². The van der Waals surface area contributed by atoms with Crippen LogP contribution < -0.4 is 14.5 Å². The average molecular weight is 445 g/mol. The topological polar surface area (TPSA) is 90.0 Å². The maximum atomic E-state index is 12.6. The molecule has 0 aliphatic carbocycles. The largest absolute Gasteiger partial charge is 0.369 e. The van der Waals surface area contributed by atoms with E-state index in [1.807, 2.05) is 24.3 Å². The fourth-order valence-corrected chi connectivity index (χ4v) is 4.28. The first-order valence-electron chi connectivity index (χ1n) is 10.1. The number of amides is 1. The summed E-state index contributed by atoms with van der Waals surface area (Å²) in [5.41, 5.74) is 2.33. The molecule has 9 heteroatoms. The van der Waals surface area contributed by atoms with Gasteiger partial charge in [-0.3, -0.25) is 13.9 Å². The van der Waals surface area contributed by atoms with Gasteiger partial charge in [0.15, 0.2) is 5.78 Å². The predicted octanol–water partition coefficient (Wildman–Crippen LogP) is 2.05. The third kappa shape index (κ3) is 6.05. The summed E-state index contributed by atoms with van der Waals surface area (Å²) in [6.07, 6.45) is 1.03. The third-order valence-corrected chi connectivity index (χ3v) is 6.39. The number of ketones is 1. The molecule has 1 saturated heterocycles. The highest BCUT2D eigenvalue weighted by Gasteiger charge is 2.22. The Labute approximate surface area is 183 Å². The van der Waals surface area contributed by atoms with E-state index in [0.29, 0.717) is 11.3 Å². The molecule has 31 heavy (non-hydrogen) atoms. The lowest BCUT2D eigenvalue weighted by molar-refractivity contribution is -0.114. The van der Waals surface area contributed by atoms with Gasteiger partial charge in [-0.25, -0.2) is 8.42 Å². The van der Waals surface area contributed by atoms with Gasteiger partial charge in [0.1, 0.15) is 6.54 Å². The summed E-state index contributed by atoms with van der Waals surface area (Å²) in [6, 6.07) is 13.8. The Hall–Kier alpha value is -2.91. The van der Waals surface area contributed by atoms with E-state index < -0.39 is 15.9 Å². The normalized spacial score (nSPS) is 14.9. The van der Waals surface area contributed by atoms with Crippen molar-refractivity contribution in [3.8, 4) is 0 Å². The molecule has 0 saturated carbocycles. The molecule has 1 aliphatic heterocycles. The van der Waals surface area contributed by atoms with E-state index in [4.69, 9.17) is 0 Å². The highest BCUT2D eigenvalue weighted by atomic mass is 32.2. The zero-order valence-electron chi connectivity index (χ0n) is 18.0. The van der Waals surface area contributed by atoms with Crippen molar-refractivity contribution >= 4 is 38.8 Å². The van der Waals surface area contributed by atoms with Crippen LogP contribution in [0.2, 0.25) is 0 Å². The molecule has 1 heterocycles. The van der Waals surface area contributed by atoms with Gasteiger partial charge in [-0.15, -0.1) is 0 Å². The molecule has 0 bridgehead atoms. The molecule has 1 amide bonds. The number of sulfonamides is 1. The SMILES string of the molecule is CC(=O)c1cccc(N(CC(=O)Nc2ccc(N3CCN(C)CC3)cc2)S(C)(=O)=O)c1. The number of benzene rings is 2. The van der Waals surface area contributed by atoms with Crippen LogP contribution in [0.4, 0.5) is 17.1 Å². The number of likely N-dealkylation sites (N-methyl/N-ethyl adjacent to an activating group) is 1. The summed E-state index contributed by atoms with van der Waals surface area (Å²) in [4.78, 5) is 28.8. The monoisotopic (exact) mass is 444 g/mol. The molecule has 0 radical (unpaired) electrons. The second-order valence-electron chi connectivity index (χ2n) is 7.76. The number of Topliss-reactive ketones (excluding diaryl/α,β-unsaturated/α-hetero) is 1. The van der Waals surface area contributed by atoms with Gasteiger partial charge in [-0.05, 0) is 50.4 Å². The Bertz CT molecular complexity index is 1050. The molecule has 1 N–H and O–H groups in total. The molecule has 0 aromatic heterocycles. The van der Waals surface area contributed by atoms with Crippen molar-refractivity contribution in [3.05, 3.63) is 54.1 Å². The number of rotatable bonds is 7. The summed E-state index contributed by atoms with van der Waals surface area (Å²) in [5.74, 6) is -0.647. The van der Waals surface area contributed by atoms with Crippen molar-refractivity contribution in [2.75, 3.05) is 60.5 Å². The van der Waals surface area contributed by atoms with Crippen molar-refractivity contribution in [2.45, 2.75) is 6.92 Å². The molecule has 0 unspecified atom stereocenters. The first-order chi connectivity index (χ1) is 14.6. The van der Waals surface area contributed by atoms with E-state index >= 15 is 0 Å². The highest BCUT2D eigenvalue weighted by molar-refractivity contribution is 7.92. The van der Waals surface area contributed by atoms with Crippen molar-refractivity contribution < 1.29 is 18.0 Å². The van der Waals surface area contributed by atoms with E-state index in [-0.39, 0.29) is 18.0 Å². The lowest BCUT2D eigenvalue weighted by atomic mass is 10.1. The number of carbonyl (C=O) groups excluding carboxylic acids is 2. The van der Waals surface area contributed by atoms with Crippen molar-refractivity contribution in [1.82, 2.24) is 4.90 Å². The highest BCUT2D eigenvalue weighted by Crippen LogP contribution is 2.21. The predicted molar refractivity (Wildman–Crippen MR) is 123 cm³/mol. The Morgan fingerprint density at radius 1 is 1.03 bits per heavy atom. The Balaban J connectivity index is 1.69. The minimum absolute atomic E-state index is 0.180. The molecule has 2 aromatic rings. The quantitative estimate of drug-likeness (QED) is 0.658. The van der Waals surface area contributed by atoms with Gasteiger partial charge in [-0.2, -0.15) is 0 Å². The second-order valence-corrected chi connectivity index (χ2v) is 9.67. The average Bonchev–Trinajstić information content (AvgIpc) is 2.72. The van der Waals surface area contributed by atoms with Gasteiger partial charge >= 0.3 is 0 Å². The van der Waals surface area contributed by atoms with Gasteiger partial charge in [0.25, 0.3) is 0 Å². The van der Waals surface area contributed by atoms with E-state index in [0.717, 1.165) is 42.4 Å². The van der Waals surface area contributed by atoms with Gasteiger partial charge in [0.2, 0.25) is 15.9 Å². The van der Waals surface area contributed by atoms with Gasteiger partial charge in [0.05, 0.1) is 11.9 Å². The molecule has 1 fully saturated rings. The van der Waals surface area contributed by atoms with Crippen LogP contribution in [0.1, 0.15) is 17.3 Å². The van der Waals surface area contributed by atoms with Crippen LogP contribution in [0.5, 0.6) is 0 Å². The van der Waals surface area contributed by atoms with Crippen molar-refractivity contribution in [3.63, 3.8) is 0 Å². The first-order valence-corrected chi connectivity index (χ1v) is 11.9. The smallest absolute Gasteiger partial charge is 0.245 e. The third-order valence-electron chi connectivity index (χ3n) is 5.25. The summed E-state index contributed by atoms with van der Waals surface area (Å²) < 4.78 is 25.6. The maximum absolute atomic E-state index is 12.6. The van der Waals surface area contributed by atoms with Crippen LogP contribution in [0.25, 0.3) is 0 Å². The molecule has 1 aliphatic rings. The Morgan fingerprint density at radius 3 is 2.26 bits per heavy atom. The fraction of sp³-hybridized carbons (Fsp3) is 0.364. The molecule has 8 nitrogen and oxygen atoms in total. The molecule has 0 spiro atoms. The van der Waals surface area contributed by atoms with Gasteiger partial charge < -0.3 is 15.1 Å². The Morgan fingerprint density at radius 2 is 1.68 bits per heavy atom. The lowest BCUT2D eigenvalue weighted by Crippen LogP contribution is -2.44. The van der Waals surface area contributed by atoms with E-state index in [9.17, 15) is 18.0 Å². The minimum atomic E-state index is -3.72. The first kappa shape index (κ1) is 22.8. The van der Waals surface area contributed by atoms with Crippen molar-refractivity contribution in [2.24, 2.45) is 0 Å². The van der Waals surface area contributed by atoms with Gasteiger partial charge in [-0.1, -0.05) is 12.1 Å². The van der Waals surface area contributed by atoms with Crippen LogP contribution in [0, 0.1) is 0 Å². The molecular weight excluding hydrogens is 416 g/mol. The summed E-state index contributed by atoms with van der Waals surface area (Å²) >= 11 is 0. The number of carbonyl (C=O) groups is 2. The Kier molecular flexibility index (Phi) is 6.97.